The van der Waals surface area contributed by atoms with E-state index in [2.05, 4.69) is 5.32 Å². The van der Waals surface area contributed by atoms with Crippen molar-refractivity contribution >= 4 is 29.3 Å². The van der Waals surface area contributed by atoms with E-state index in [1.165, 1.54) is 0 Å². The van der Waals surface area contributed by atoms with Gasteiger partial charge < -0.3 is 10.4 Å². The summed E-state index contributed by atoms with van der Waals surface area (Å²) >= 11 is 5.61. The van der Waals surface area contributed by atoms with Crippen LogP contribution in [0.1, 0.15) is 33.1 Å². The van der Waals surface area contributed by atoms with Crippen LogP contribution < -0.4 is 5.32 Å². The highest BCUT2D eigenvalue weighted by Gasteiger charge is 2.26. The Hall–Kier alpha value is -1.10. The van der Waals surface area contributed by atoms with Crippen LogP contribution in [0.15, 0.2) is 0 Å². The zero-order chi connectivity index (χ0) is 13.5. The van der Waals surface area contributed by atoms with Crippen LogP contribution in [0.2, 0.25) is 0 Å². The Balaban J connectivity index is 3.85. The molecule has 1 amide bonds. The Kier molecular flexibility index (Phi) is 6.80. The predicted octanol–water partition coefficient (Wildman–Crippen LogP) is 1.19. The molecule has 0 rings (SSSR count). The molecule has 0 aromatic carbocycles. The van der Waals surface area contributed by atoms with E-state index in [1.54, 1.807) is 13.8 Å². The zero-order valence-corrected chi connectivity index (χ0v) is 10.8. The second-order valence-electron chi connectivity index (χ2n) is 4.49. The van der Waals surface area contributed by atoms with Gasteiger partial charge in [-0.2, -0.15) is 0 Å². The van der Waals surface area contributed by atoms with Gasteiger partial charge >= 0.3 is 5.97 Å². The van der Waals surface area contributed by atoms with E-state index < -0.39 is 11.4 Å². The number of halogens is 1. The molecule has 0 aromatic heterocycles. The number of carboxylic acid groups (broad SMARTS) is 1. The maximum atomic E-state index is 11.5. The average Bonchev–Trinajstić information content (AvgIpc) is 2.25. The van der Waals surface area contributed by atoms with E-state index in [4.69, 9.17) is 16.7 Å². The second kappa shape index (κ2) is 7.27. The largest absolute Gasteiger partial charge is 0.481 e. The number of carbonyl (C=O) groups is 3. The first-order valence-electron chi connectivity index (χ1n) is 5.37. The van der Waals surface area contributed by atoms with Gasteiger partial charge in [-0.1, -0.05) is 0 Å². The summed E-state index contributed by atoms with van der Waals surface area (Å²) in [6.45, 7) is 3.30. The smallest absolute Gasteiger partial charge is 0.303 e. The SMILES string of the molecule is CC(C)(CCl)C(=O)NCC(=O)CCCC(=O)O. The minimum absolute atomic E-state index is 0.0349. The number of hydrogen-bond acceptors (Lipinski definition) is 3. The summed E-state index contributed by atoms with van der Waals surface area (Å²) in [7, 11) is 0. The standard InChI is InChI=1S/C11H18ClNO4/c1-11(2,7-12)10(17)13-6-8(14)4-3-5-9(15)16/h3-7H2,1-2H3,(H,13,17)(H,15,16). The van der Waals surface area contributed by atoms with Crippen LogP contribution in [-0.4, -0.2) is 35.2 Å². The van der Waals surface area contributed by atoms with Crippen molar-refractivity contribution in [2.24, 2.45) is 5.41 Å². The van der Waals surface area contributed by atoms with Gasteiger partial charge in [0, 0.05) is 18.7 Å². The molecule has 0 bridgehead atoms. The number of nitrogens with one attached hydrogen (secondary N) is 1. The fourth-order valence-electron chi connectivity index (χ4n) is 1.00. The number of alkyl halides is 1. The molecule has 0 heterocycles. The number of carboxylic acids is 1. The summed E-state index contributed by atoms with van der Waals surface area (Å²) in [5, 5.41) is 10.9. The quantitative estimate of drug-likeness (QED) is 0.645. The monoisotopic (exact) mass is 263 g/mol. The number of amides is 1. The summed E-state index contributed by atoms with van der Waals surface area (Å²) < 4.78 is 0. The Morgan fingerprint density at radius 3 is 2.29 bits per heavy atom. The highest BCUT2D eigenvalue weighted by molar-refractivity contribution is 6.19. The molecule has 0 aromatic rings. The molecule has 0 aliphatic rings. The lowest BCUT2D eigenvalue weighted by molar-refractivity contribution is -0.137. The number of Topliss-reactive ketones (excluding diaryl/α,β-unsaturated/α-hetero) is 1. The maximum absolute atomic E-state index is 11.5. The number of ketones is 1. The molecule has 17 heavy (non-hydrogen) atoms. The predicted molar refractivity (Wildman–Crippen MR) is 64.0 cm³/mol. The van der Waals surface area contributed by atoms with E-state index in [0.717, 1.165) is 0 Å². The molecule has 0 aliphatic carbocycles. The van der Waals surface area contributed by atoms with Crippen LogP contribution in [0.5, 0.6) is 0 Å². The molecule has 5 nitrogen and oxygen atoms in total. The van der Waals surface area contributed by atoms with Gasteiger partial charge in [-0.05, 0) is 20.3 Å². The summed E-state index contributed by atoms with van der Waals surface area (Å²) in [6, 6.07) is 0. The number of carbonyl (C=O) groups excluding carboxylic acids is 2. The van der Waals surface area contributed by atoms with Crippen LogP contribution in [0.4, 0.5) is 0 Å². The molecular formula is C11H18ClNO4. The average molecular weight is 264 g/mol. The van der Waals surface area contributed by atoms with Crippen molar-refractivity contribution in [1.82, 2.24) is 5.32 Å². The molecular weight excluding hydrogens is 246 g/mol. The third-order valence-electron chi connectivity index (χ3n) is 2.24. The first-order valence-corrected chi connectivity index (χ1v) is 5.91. The topological polar surface area (TPSA) is 83.5 Å². The lowest BCUT2D eigenvalue weighted by Gasteiger charge is -2.19. The summed E-state index contributed by atoms with van der Waals surface area (Å²) in [6.07, 6.45) is 0.420. The lowest BCUT2D eigenvalue weighted by Crippen LogP contribution is -2.40. The normalized spacial score (nSPS) is 11.0. The van der Waals surface area contributed by atoms with Gasteiger partial charge in [-0.3, -0.25) is 14.4 Å². The molecule has 0 aliphatic heterocycles. The van der Waals surface area contributed by atoms with Crippen molar-refractivity contribution in [1.29, 1.82) is 0 Å². The number of hydrogen-bond donors (Lipinski definition) is 2. The lowest BCUT2D eigenvalue weighted by atomic mass is 9.95. The van der Waals surface area contributed by atoms with Crippen LogP contribution in [-0.2, 0) is 14.4 Å². The van der Waals surface area contributed by atoms with Gasteiger partial charge in [0.1, 0.15) is 0 Å². The molecule has 0 fully saturated rings. The highest BCUT2D eigenvalue weighted by Crippen LogP contribution is 2.16. The van der Waals surface area contributed by atoms with Gasteiger partial charge in [0.05, 0.1) is 12.0 Å². The fourth-order valence-corrected chi connectivity index (χ4v) is 1.13. The highest BCUT2D eigenvalue weighted by atomic mass is 35.5. The molecule has 0 saturated heterocycles. The van der Waals surface area contributed by atoms with E-state index in [-0.39, 0.29) is 37.0 Å². The van der Waals surface area contributed by atoms with E-state index in [0.29, 0.717) is 6.42 Å². The van der Waals surface area contributed by atoms with Gasteiger partial charge in [-0.15, -0.1) is 11.6 Å². The van der Waals surface area contributed by atoms with Crippen LogP contribution in [0.3, 0.4) is 0 Å². The van der Waals surface area contributed by atoms with Crippen LogP contribution in [0, 0.1) is 5.41 Å². The molecule has 0 saturated carbocycles. The Morgan fingerprint density at radius 2 is 1.82 bits per heavy atom. The maximum Gasteiger partial charge on any atom is 0.303 e. The summed E-state index contributed by atoms with van der Waals surface area (Å²) in [5.41, 5.74) is -0.705. The first-order chi connectivity index (χ1) is 7.79. The van der Waals surface area contributed by atoms with Gasteiger partial charge in [0.25, 0.3) is 0 Å². The molecule has 0 unspecified atom stereocenters. The summed E-state index contributed by atoms with van der Waals surface area (Å²) in [4.78, 5) is 33.1. The molecule has 0 spiro atoms. The third-order valence-corrected chi connectivity index (χ3v) is 2.91. The van der Waals surface area contributed by atoms with Gasteiger partial charge in [-0.25, -0.2) is 0 Å². The Morgan fingerprint density at radius 1 is 1.24 bits per heavy atom. The third kappa shape index (κ3) is 6.94. The van der Waals surface area contributed by atoms with E-state index in [1.807, 2.05) is 0 Å². The van der Waals surface area contributed by atoms with Crippen molar-refractivity contribution in [3.63, 3.8) is 0 Å². The minimum atomic E-state index is -0.926. The number of aliphatic carboxylic acids is 1. The minimum Gasteiger partial charge on any atom is -0.481 e. The molecule has 6 heteroatoms. The summed E-state index contributed by atoms with van der Waals surface area (Å²) in [5.74, 6) is -1.21. The van der Waals surface area contributed by atoms with Crippen molar-refractivity contribution in [3.05, 3.63) is 0 Å². The second-order valence-corrected chi connectivity index (χ2v) is 4.75. The van der Waals surface area contributed by atoms with Crippen molar-refractivity contribution < 1.29 is 19.5 Å². The first kappa shape index (κ1) is 15.9. The zero-order valence-electron chi connectivity index (χ0n) is 10.1. The molecule has 0 radical (unpaired) electrons. The van der Waals surface area contributed by atoms with Gasteiger partial charge in [0.2, 0.25) is 5.91 Å². The Labute approximate surface area is 106 Å². The Bertz CT molecular complexity index is 302. The molecule has 0 atom stereocenters. The van der Waals surface area contributed by atoms with Crippen molar-refractivity contribution in [3.8, 4) is 0 Å². The molecule has 2 N–H and O–H groups in total. The molecule has 98 valence electrons. The van der Waals surface area contributed by atoms with Crippen LogP contribution >= 0.6 is 11.6 Å². The number of rotatable bonds is 8. The van der Waals surface area contributed by atoms with Crippen molar-refractivity contribution in [2.75, 3.05) is 12.4 Å². The van der Waals surface area contributed by atoms with E-state index >= 15 is 0 Å². The fraction of sp³-hybridized carbons (Fsp3) is 0.727. The van der Waals surface area contributed by atoms with Crippen molar-refractivity contribution in [2.45, 2.75) is 33.1 Å². The van der Waals surface area contributed by atoms with Gasteiger partial charge in [0.15, 0.2) is 5.78 Å². The van der Waals surface area contributed by atoms with Crippen LogP contribution in [0.25, 0.3) is 0 Å². The van der Waals surface area contributed by atoms with E-state index in [9.17, 15) is 14.4 Å².